The second-order valence-corrected chi connectivity index (χ2v) is 8.01. The first-order valence-electron chi connectivity index (χ1n) is 8.01. The van der Waals surface area contributed by atoms with E-state index in [-0.39, 0.29) is 18.6 Å². The van der Waals surface area contributed by atoms with Crippen LogP contribution in [0.3, 0.4) is 0 Å². The zero-order valence-corrected chi connectivity index (χ0v) is 16.3. The highest BCUT2D eigenvalue weighted by molar-refractivity contribution is 14.1. The molecule has 128 valence electrons. The van der Waals surface area contributed by atoms with Gasteiger partial charge in [0.2, 0.25) is 0 Å². The summed E-state index contributed by atoms with van der Waals surface area (Å²) in [6.07, 6.45) is 2.24. The third-order valence-corrected chi connectivity index (χ3v) is 5.48. The summed E-state index contributed by atoms with van der Waals surface area (Å²) in [5, 5.41) is 2.03. The fourth-order valence-electron chi connectivity index (χ4n) is 2.65. The second kappa shape index (κ2) is 8.82. The van der Waals surface area contributed by atoms with Gasteiger partial charge in [0.05, 0.1) is 12.6 Å². The van der Waals surface area contributed by atoms with Crippen LogP contribution in [-0.2, 0) is 16.1 Å². The molecule has 0 radical (unpaired) electrons. The van der Waals surface area contributed by atoms with Crippen molar-refractivity contribution in [3.8, 4) is 5.75 Å². The van der Waals surface area contributed by atoms with Gasteiger partial charge in [-0.2, -0.15) is 0 Å². The number of halogens is 1. The van der Waals surface area contributed by atoms with E-state index in [1.54, 1.807) is 11.3 Å². The standard InChI is InChI=1S/C18H20INO3S/c19-14-5-7-15(8-6-14)23-13-18(21)20(11-16-3-1-9-22-16)12-17-4-2-10-24-17/h2,4-8,10,16H,1,3,9,11-13H2. The molecule has 1 saturated heterocycles. The van der Waals surface area contributed by atoms with Crippen molar-refractivity contribution in [2.45, 2.75) is 25.5 Å². The average Bonchev–Trinajstić information content (AvgIpc) is 3.27. The van der Waals surface area contributed by atoms with Crippen LogP contribution < -0.4 is 4.74 Å². The molecule has 3 rings (SSSR count). The van der Waals surface area contributed by atoms with Crippen LogP contribution in [0.15, 0.2) is 41.8 Å². The summed E-state index contributed by atoms with van der Waals surface area (Å²) in [5.41, 5.74) is 0. The molecule has 0 saturated carbocycles. The maximum atomic E-state index is 12.6. The zero-order valence-electron chi connectivity index (χ0n) is 13.3. The summed E-state index contributed by atoms with van der Waals surface area (Å²) in [6.45, 7) is 2.10. The van der Waals surface area contributed by atoms with Gasteiger partial charge in [-0.1, -0.05) is 6.07 Å². The predicted molar refractivity (Wildman–Crippen MR) is 103 cm³/mol. The normalized spacial score (nSPS) is 17.0. The van der Waals surface area contributed by atoms with E-state index in [1.165, 1.54) is 4.88 Å². The number of hydrogen-bond donors (Lipinski definition) is 0. The number of hydrogen-bond acceptors (Lipinski definition) is 4. The molecule has 1 fully saturated rings. The van der Waals surface area contributed by atoms with Crippen molar-refractivity contribution < 1.29 is 14.3 Å². The van der Waals surface area contributed by atoms with E-state index in [9.17, 15) is 4.79 Å². The Labute approximate surface area is 159 Å². The van der Waals surface area contributed by atoms with E-state index in [1.807, 2.05) is 40.6 Å². The first-order valence-corrected chi connectivity index (χ1v) is 9.96. The summed E-state index contributed by atoms with van der Waals surface area (Å²) in [7, 11) is 0. The molecular formula is C18H20INO3S. The quantitative estimate of drug-likeness (QED) is 0.592. The number of ether oxygens (including phenoxy) is 2. The number of rotatable bonds is 7. The summed E-state index contributed by atoms with van der Waals surface area (Å²) < 4.78 is 12.5. The Balaban J connectivity index is 1.59. The molecule has 1 aliphatic rings. The molecule has 1 aromatic heterocycles. The highest BCUT2D eigenvalue weighted by Gasteiger charge is 2.23. The number of thiophene rings is 1. The summed E-state index contributed by atoms with van der Waals surface area (Å²) in [6, 6.07) is 11.8. The van der Waals surface area contributed by atoms with Crippen molar-refractivity contribution in [1.82, 2.24) is 4.90 Å². The minimum atomic E-state index is -0.00236. The lowest BCUT2D eigenvalue weighted by atomic mass is 10.2. The van der Waals surface area contributed by atoms with Crippen molar-refractivity contribution in [1.29, 1.82) is 0 Å². The number of carbonyl (C=O) groups is 1. The van der Waals surface area contributed by atoms with E-state index in [2.05, 4.69) is 28.7 Å². The topological polar surface area (TPSA) is 38.8 Å². The Kier molecular flexibility index (Phi) is 6.51. The van der Waals surface area contributed by atoms with Gasteiger partial charge in [0, 0.05) is 21.6 Å². The third-order valence-electron chi connectivity index (χ3n) is 3.90. The van der Waals surface area contributed by atoms with Crippen LogP contribution in [0.4, 0.5) is 0 Å². The van der Waals surface area contributed by atoms with Crippen LogP contribution >= 0.6 is 33.9 Å². The van der Waals surface area contributed by atoms with Crippen LogP contribution in [0.25, 0.3) is 0 Å². The van der Waals surface area contributed by atoms with Gasteiger partial charge >= 0.3 is 0 Å². The molecule has 0 bridgehead atoms. The lowest BCUT2D eigenvalue weighted by molar-refractivity contribution is -0.135. The molecule has 2 aromatic rings. The first-order chi connectivity index (χ1) is 11.7. The smallest absolute Gasteiger partial charge is 0.260 e. The van der Waals surface area contributed by atoms with Gasteiger partial charge in [-0.05, 0) is 71.1 Å². The Hall–Kier alpha value is -1.12. The highest BCUT2D eigenvalue weighted by Crippen LogP contribution is 2.18. The lowest BCUT2D eigenvalue weighted by Gasteiger charge is -2.25. The zero-order chi connectivity index (χ0) is 16.8. The maximum Gasteiger partial charge on any atom is 0.260 e. The van der Waals surface area contributed by atoms with E-state index in [0.717, 1.165) is 28.8 Å². The molecule has 1 aliphatic heterocycles. The van der Waals surface area contributed by atoms with Gasteiger partial charge in [-0.3, -0.25) is 4.79 Å². The van der Waals surface area contributed by atoms with Crippen LogP contribution in [0.2, 0.25) is 0 Å². The molecular weight excluding hydrogens is 437 g/mol. The maximum absolute atomic E-state index is 12.6. The third kappa shape index (κ3) is 5.19. The van der Waals surface area contributed by atoms with Crippen LogP contribution in [0.1, 0.15) is 17.7 Å². The first kappa shape index (κ1) is 17.7. The fourth-order valence-corrected chi connectivity index (χ4v) is 3.73. The van der Waals surface area contributed by atoms with Crippen molar-refractivity contribution in [2.75, 3.05) is 19.8 Å². The highest BCUT2D eigenvalue weighted by atomic mass is 127. The molecule has 4 nitrogen and oxygen atoms in total. The van der Waals surface area contributed by atoms with E-state index >= 15 is 0 Å². The van der Waals surface area contributed by atoms with E-state index in [0.29, 0.717) is 13.1 Å². The van der Waals surface area contributed by atoms with Gasteiger partial charge < -0.3 is 14.4 Å². The SMILES string of the molecule is O=C(COc1ccc(I)cc1)N(Cc1cccs1)CC1CCCO1. The van der Waals surface area contributed by atoms with Crippen molar-refractivity contribution in [3.63, 3.8) is 0 Å². The van der Waals surface area contributed by atoms with E-state index in [4.69, 9.17) is 9.47 Å². The molecule has 1 unspecified atom stereocenters. The number of benzene rings is 1. The van der Waals surface area contributed by atoms with Gasteiger partial charge in [0.1, 0.15) is 5.75 Å². The molecule has 0 spiro atoms. The largest absolute Gasteiger partial charge is 0.484 e. The summed E-state index contributed by atoms with van der Waals surface area (Å²) in [5.74, 6) is 0.717. The Morgan fingerprint density at radius 2 is 2.17 bits per heavy atom. The fraction of sp³-hybridized carbons (Fsp3) is 0.389. The Morgan fingerprint density at radius 1 is 1.33 bits per heavy atom. The molecule has 0 N–H and O–H groups in total. The Bertz CT molecular complexity index is 639. The van der Waals surface area contributed by atoms with Gasteiger partial charge in [-0.25, -0.2) is 0 Å². The van der Waals surface area contributed by atoms with Crippen molar-refractivity contribution in [2.24, 2.45) is 0 Å². The minimum Gasteiger partial charge on any atom is -0.484 e. The van der Waals surface area contributed by atoms with E-state index < -0.39 is 0 Å². The monoisotopic (exact) mass is 457 g/mol. The Morgan fingerprint density at radius 3 is 2.83 bits per heavy atom. The summed E-state index contributed by atoms with van der Waals surface area (Å²) >= 11 is 3.91. The molecule has 1 aromatic carbocycles. The van der Waals surface area contributed by atoms with Crippen LogP contribution in [0.5, 0.6) is 5.75 Å². The lowest BCUT2D eigenvalue weighted by Crippen LogP contribution is -2.39. The number of amides is 1. The second-order valence-electron chi connectivity index (χ2n) is 5.73. The summed E-state index contributed by atoms with van der Waals surface area (Å²) in [4.78, 5) is 15.7. The predicted octanol–water partition coefficient (Wildman–Crippen LogP) is 3.94. The van der Waals surface area contributed by atoms with Crippen LogP contribution in [0, 0.1) is 3.57 Å². The number of nitrogens with zero attached hydrogens (tertiary/aromatic N) is 1. The molecule has 0 aliphatic carbocycles. The van der Waals surface area contributed by atoms with Crippen molar-refractivity contribution >= 4 is 39.8 Å². The number of carbonyl (C=O) groups excluding carboxylic acids is 1. The van der Waals surface area contributed by atoms with Gasteiger partial charge in [0.25, 0.3) is 5.91 Å². The van der Waals surface area contributed by atoms with Gasteiger partial charge in [0.15, 0.2) is 6.61 Å². The van der Waals surface area contributed by atoms with Crippen molar-refractivity contribution in [3.05, 3.63) is 50.2 Å². The molecule has 24 heavy (non-hydrogen) atoms. The molecule has 1 amide bonds. The molecule has 1 atom stereocenters. The molecule has 6 heteroatoms. The van der Waals surface area contributed by atoms with Crippen LogP contribution in [-0.4, -0.2) is 36.7 Å². The minimum absolute atomic E-state index is 0.00236. The molecule has 2 heterocycles. The van der Waals surface area contributed by atoms with Gasteiger partial charge in [-0.15, -0.1) is 11.3 Å². The average molecular weight is 457 g/mol.